The van der Waals surface area contributed by atoms with E-state index in [4.69, 9.17) is 9.47 Å². The SMILES string of the molecule is CC1(C)CCC(COCCCNCc2ccccc2)O1. The van der Waals surface area contributed by atoms with E-state index in [1.54, 1.807) is 0 Å². The van der Waals surface area contributed by atoms with Gasteiger partial charge in [0, 0.05) is 13.2 Å². The second kappa shape index (κ2) is 7.77. The van der Waals surface area contributed by atoms with Crippen LogP contribution in [0.2, 0.25) is 0 Å². The molecule has 1 saturated heterocycles. The third-order valence-electron chi connectivity index (χ3n) is 3.67. The predicted molar refractivity (Wildman–Crippen MR) is 81.8 cm³/mol. The maximum absolute atomic E-state index is 5.89. The lowest BCUT2D eigenvalue weighted by Crippen LogP contribution is -2.23. The second-order valence-corrected chi connectivity index (χ2v) is 6.13. The first kappa shape index (κ1) is 15.5. The van der Waals surface area contributed by atoms with E-state index < -0.39 is 0 Å². The lowest BCUT2D eigenvalue weighted by molar-refractivity contribution is -0.0533. The molecule has 0 aliphatic carbocycles. The van der Waals surface area contributed by atoms with Gasteiger partial charge in [-0.2, -0.15) is 0 Å². The Balaban J connectivity index is 1.44. The lowest BCUT2D eigenvalue weighted by atomic mass is 10.1. The van der Waals surface area contributed by atoms with Gasteiger partial charge < -0.3 is 14.8 Å². The van der Waals surface area contributed by atoms with E-state index in [9.17, 15) is 0 Å². The van der Waals surface area contributed by atoms with E-state index >= 15 is 0 Å². The molecule has 1 heterocycles. The zero-order valence-corrected chi connectivity index (χ0v) is 12.7. The Kier molecular flexibility index (Phi) is 6.02. The molecule has 20 heavy (non-hydrogen) atoms. The van der Waals surface area contributed by atoms with Crippen LogP contribution >= 0.6 is 0 Å². The monoisotopic (exact) mass is 277 g/mol. The molecule has 1 atom stereocenters. The van der Waals surface area contributed by atoms with Crippen LogP contribution in [0.3, 0.4) is 0 Å². The quantitative estimate of drug-likeness (QED) is 0.741. The number of hydrogen-bond acceptors (Lipinski definition) is 3. The van der Waals surface area contributed by atoms with E-state index in [0.717, 1.165) is 45.6 Å². The molecule has 3 nitrogen and oxygen atoms in total. The fourth-order valence-corrected chi connectivity index (χ4v) is 2.54. The summed E-state index contributed by atoms with van der Waals surface area (Å²) in [6.45, 7) is 7.78. The van der Waals surface area contributed by atoms with Gasteiger partial charge in [0.1, 0.15) is 0 Å². The fraction of sp³-hybridized carbons (Fsp3) is 0.647. The highest BCUT2D eigenvalue weighted by Crippen LogP contribution is 2.29. The number of nitrogens with one attached hydrogen (secondary N) is 1. The van der Waals surface area contributed by atoms with Crippen LogP contribution in [0.1, 0.15) is 38.7 Å². The van der Waals surface area contributed by atoms with E-state index in [1.165, 1.54) is 5.56 Å². The molecule has 3 heteroatoms. The van der Waals surface area contributed by atoms with Crippen LogP contribution in [-0.2, 0) is 16.0 Å². The molecule has 0 amide bonds. The summed E-state index contributed by atoms with van der Waals surface area (Å²) in [6.07, 6.45) is 3.60. The minimum absolute atomic E-state index is 0.0469. The van der Waals surface area contributed by atoms with Crippen LogP contribution in [0, 0.1) is 0 Å². The van der Waals surface area contributed by atoms with Gasteiger partial charge in [-0.1, -0.05) is 30.3 Å². The van der Waals surface area contributed by atoms with Crippen molar-refractivity contribution in [3.63, 3.8) is 0 Å². The van der Waals surface area contributed by atoms with Gasteiger partial charge >= 0.3 is 0 Å². The van der Waals surface area contributed by atoms with Crippen molar-refractivity contribution in [3.8, 4) is 0 Å². The summed E-state index contributed by atoms with van der Waals surface area (Å²) >= 11 is 0. The summed E-state index contributed by atoms with van der Waals surface area (Å²) in [7, 11) is 0. The number of benzene rings is 1. The van der Waals surface area contributed by atoms with Gasteiger partial charge in [0.05, 0.1) is 18.3 Å². The molecule has 2 rings (SSSR count). The van der Waals surface area contributed by atoms with Crippen molar-refractivity contribution in [2.45, 2.75) is 51.4 Å². The van der Waals surface area contributed by atoms with Crippen LogP contribution in [0.5, 0.6) is 0 Å². The summed E-state index contributed by atoms with van der Waals surface area (Å²) in [5, 5.41) is 3.43. The van der Waals surface area contributed by atoms with Crippen molar-refractivity contribution in [3.05, 3.63) is 35.9 Å². The van der Waals surface area contributed by atoms with Crippen molar-refractivity contribution in [1.82, 2.24) is 5.32 Å². The van der Waals surface area contributed by atoms with Crippen LogP contribution in [-0.4, -0.2) is 31.5 Å². The van der Waals surface area contributed by atoms with Crippen LogP contribution < -0.4 is 5.32 Å². The van der Waals surface area contributed by atoms with Crippen molar-refractivity contribution in [2.24, 2.45) is 0 Å². The Morgan fingerprint density at radius 1 is 1.30 bits per heavy atom. The van der Waals surface area contributed by atoms with E-state index in [2.05, 4.69) is 43.4 Å². The Labute approximate surface area is 122 Å². The first-order chi connectivity index (χ1) is 9.66. The van der Waals surface area contributed by atoms with Gasteiger partial charge in [-0.15, -0.1) is 0 Å². The van der Waals surface area contributed by atoms with Gasteiger partial charge in [-0.3, -0.25) is 0 Å². The highest BCUT2D eigenvalue weighted by molar-refractivity contribution is 5.14. The molecule has 112 valence electrons. The second-order valence-electron chi connectivity index (χ2n) is 6.13. The molecule has 0 spiro atoms. The normalized spacial score (nSPS) is 21.2. The minimum atomic E-state index is 0.0469. The van der Waals surface area contributed by atoms with Crippen LogP contribution in [0.4, 0.5) is 0 Å². The molecule has 0 radical (unpaired) electrons. The Morgan fingerprint density at radius 2 is 2.10 bits per heavy atom. The molecule has 1 aliphatic heterocycles. The fourth-order valence-electron chi connectivity index (χ4n) is 2.54. The summed E-state index contributed by atoms with van der Waals surface area (Å²) in [5.41, 5.74) is 1.38. The average Bonchev–Trinajstić information content (AvgIpc) is 2.78. The Hall–Kier alpha value is -0.900. The van der Waals surface area contributed by atoms with Gasteiger partial charge in [0.2, 0.25) is 0 Å². The summed E-state index contributed by atoms with van der Waals surface area (Å²) in [4.78, 5) is 0. The van der Waals surface area contributed by atoms with Crippen LogP contribution in [0.25, 0.3) is 0 Å². The predicted octanol–water partition coefficient (Wildman–Crippen LogP) is 3.14. The summed E-state index contributed by atoms with van der Waals surface area (Å²) in [6, 6.07) is 10.5. The largest absolute Gasteiger partial charge is 0.379 e. The zero-order valence-electron chi connectivity index (χ0n) is 12.7. The molecule has 1 fully saturated rings. The van der Waals surface area contributed by atoms with E-state index in [1.807, 2.05) is 6.07 Å². The van der Waals surface area contributed by atoms with Gasteiger partial charge in [-0.05, 0) is 45.2 Å². The molecule has 1 N–H and O–H groups in total. The zero-order chi connectivity index (χ0) is 14.3. The maximum atomic E-state index is 5.89. The lowest BCUT2D eigenvalue weighted by Gasteiger charge is -2.19. The highest BCUT2D eigenvalue weighted by Gasteiger charge is 2.31. The molecule has 0 bridgehead atoms. The van der Waals surface area contributed by atoms with Crippen molar-refractivity contribution in [1.29, 1.82) is 0 Å². The summed E-state index contributed by atoms with van der Waals surface area (Å²) in [5.74, 6) is 0. The minimum Gasteiger partial charge on any atom is -0.379 e. The molecule has 1 aromatic rings. The van der Waals surface area contributed by atoms with Gasteiger partial charge in [0.15, 0.2) is 0 Å². The van der Waals surface area contributed by atoms with Crippen molar-refractivity contribution >= 4 is 0 Å². The standard InChI is InChI=1S/C17H27NO2/c1-17(2)10-9-16(20-17)14-19-12-6-11-18-13-15-7-4-3-5-8-15/h3-5,7-8,16,18H,6,9-14H2,1-2H3. The maximum Gasteiger partial charge on any atom is 0.0816 e. The summed E-state index contributed by atoms with van der Waals surface area (Å²) < 4.78 is 11.6. The molecular formula is C17H27NO2. The third-order valence-corrected chi connectivity index (χ3v) is 3.67. The third kappa shape index (κ3) is 5.61. The molecular weight excluding hydrogens is 250 g/mol. The van der Waals surface area contributed by atoms with E-state index in [-0.39, 0.29) is 5.60 Å². The van der Waals surface area contributed by atoms with Gasteiger partial charge in [0.25, 0.3) is 0 Å². The van der Waals surface area contributed by atoms with Crippen molar-refractivity contribution < 1.29 is 9.47 Å². The number of hydrogen-bond donors (Lipinski definition) is 1. The number of ether oxygens (including phenoxy) is 2. The molecule has 0 saturated carbocycles. The topological polar surface area (TPSA) is 30.5 Å². The van der Waals surface area contributed by atoms with E-state index in [0.29, 0.717) is 6.10 Å². The first-order valence-corrected chi connectivity index (χ1v) is 7.66. The molecule has 1 aromatic carbocycles. The first-order valence-electron chi connectivity index (χ1n) is 7.66. The van der Waals surface area contributed by atoms with Crippen molar-refractivity contribution in [2.75, 3.05) is 19.8 Å². The highest BCUT2D eigenvalue weighted by atomic mass is 16.5. The smallest absolute Gasteiger partial charge is 0.0816 e. The molecule has 0 aromatic heterocycles. The van der Waals surface area contributed by atoms with Gasteiger partial charge in [-0.25, -0.2) is 0 Å². The molecule has 1 unspecified atom stereocenters. The molecule has 1 aliphatic rings. The number of rotatable bonds is 8. The Morgan fingerprint density at radius 3 is 2.80 bits per heavy atom. The van der Waals surface area contributed by atoms with Crippen LogP contribution in [0.15, 0.2) is 30.3 Å². The Bertz CT molecular complexity index is 378. The average molecular weight is 277 g/mol.